The monoisotopic (exact) mass is 373 g/mol. The first-order valence-electron chi connectivity index (χ1n) is 6.98. The van der Waals surface area contributed by atoms with E-state index in [1.165, 1.54) is 26.0 Å². The first-order chi connectivity index (χ1) is 11.5. The normalized spacial score (nSPS) is 11.9. The predicted octanol–water partition coefficient (Wildman–Crippen LogP) is 2.77. The summed E-state index contributed by atoms with van der Waals surface area (Å²) in [5, 5.41) is 0. The van der Waals surface area contributed by atoms with Crippen LogP contribution in [0.3, 0.4) is 0 Å². The van der Waals surface area contributed by atoms with Crippen molar-refractivity contribution < 1.29 is 31.1 Å². The maximum absolute atomic E-state index is 13.6. The van der Waals surface area contributed by atoms with E-state index in [1.807, 2.05) is 0 Å². The minimum Gasteiger partial charge on any atom is -0.478 e. The SMILES string of the molecule is CC(C)(Oc1ccc(F)cc1)C(=O)NS(=O)(=O)c1cc(F)ccc1F. The van der Waals surface area contributed by atoms with Crippen molar-refractivity contribution in [2.45, 2.75) is 24.3 Å². The van der Waals surface area contributed by atoms with Crippen LogP contribution >= 0.6 is 0 Å². The Balaban J connectivity index is 2.21. The van der Waals surface area contributed by atoms with Crippen LogP contribution in [0.15, 0.2) is 47.4 Å². The van der Waals surface area contributed by atoms with E-state index >= 15 is 0 Å². The molecule has 0 aliphatic rings. The number of nitrogens with one attached hydrogen (secondary N) is 1. The molecule has 0 aliphatic heterocycles. The molecule has 0 aromatic heterocycles. The number of carbonyl (C=O) groups excluding carboxylic acids is 1. The molecule has 2 rings (SSSR count). The Bertz CT molecular complexity index is 896. The number of benzene rings is 2. The molecule has 1 N–H and O–H groups in total. The lowest BCUT2D eigenvalue weighted by Crippen LogP contribution is -2.48. The molecular formula is C16H14F3NO4S. The van der Waals surface area contributed by atoms with E-state index in [2.05, 4.69) is 0 Å². The van der Waals surface area contributed by atoms with E-state index in [4.69, 9.17) is 4.74 Å². The molecule has 0 bridgehead atoms. The molecule has 0 fully saturated rings. The Kier molecular flexibility index (Phi) is 5.07. The number of rotatable bonds is 5. The molecule has 0 unspecified atom stereocenters. The highest BCUT2D eigenvalue weighted by Gasteiger charge is 2.34. The third kappa shape index (κ3) is 4.50. The van der Waals surface area contributed by atoms with Crippen LogP contribution in [-0.4, -0.2) is 19.9 Å². The van der Waals surface area contributed by atoms with Gasteiger partial charge in [0.2, 0.25) is 0 Å². The average Bonchev–Trinajstić information content (AvgIpc) is 2.51. The maximum Gasteiger partial charge on any atom is 0.277 e. The smallest absolute Gasteiger partial charge is 0.277 e. The first-order valence-corrected chi connectivity index (χ1v) is 8.46. The molecule has 0 atom stereocenters. The van der Waals surface area contributed by atoms with Gasteiger partial charge in [-0.3, -0.25) is 4.79 Å². The van der Waals surface area contributed by atoms with Gasteiger partial charge in [-0.2, -0.15) is 0 Å². The highest BCUT2D eigenvalue weighted by Crippen LogP contribution is 2.21. The minimum absolute atomic E-state index is 0.121. The van der Waals surface area contributed by atoms with Crippen LogP contribution in [0, 0.1) is 17.5 Å². The molecule has 0 saturated heterocycles. The zero-order valence-corrected chi connectivity index (χ0v) is 14.0. The lowest BCUT2D eigenvalue weighted by atomic mass is 10.1. The fourth-order valence-corrected chi connectivity index (χ4v) is 3.02. The molecule has 2 aromatic rings. The second kappa shape index (κ2) is 6.75. The van der Waals surface area contributed by atoms with E-state index in [0.29, 0.717) is 12.1 Å². The van der Waals surface area contributed by atoms with Gasteiger partial charge in [-0.25, -0.2) is 26.3 Å². The fraction of sp³-hybridized carbons (Fsp3) is 0.188. The molecule has 25 heavy (non-hydrogen) atoms. The molecule has 0 heterocycles. The third-order valence-corrected chi connectivity index (χ3v) is 4.49. The Hall–Kier alpha value is -2.55. The van der Waals surface area contributed by atoms with Crippen molar-refractivity contribution in [2.75, 3.05) is 0 Å². The number of sulfonamides is 1. The first kappa shape index (κ1) is 18.8. The van der Waals surface area contributed by atoms with Gasteiger partial charge >= 0.3 is 0 Å². The molecule has 134 valence electrons. The summed E-state index contributed by atoms with van der Waals surface area (Å²) >= 11 is 0. The van der Waals surface area contributed by atoms with Crippen molar-refractivity contribution in [3.05, 3.63) is 59.9 Å². The van der Waals surface area contributed by atoms with Gasteiger partial charge in [-0.05, 0) is 56.3 Å². The summed E-state index contributed by atoms with van der Waals surface area (Å²) in [5.74, 6) is -3.69. The summed E-state index contributed by atoms with van der Waals surface area (Å²) in [6.45, 7) is 2.53. The van der Waals surface area contributed by atoms with Crippen molar-refractivity contribution in [2.24, 2.45) is 0 Å². The summed E-state index contributed by atoms with van der Waals surface area (Å²) in [4.78, 5) is 11.2. The van der Waals surface area contributed by atoms with Crippen LogP contribution in [0.2, 0.25) is 0 Å². The Morgan fingerprint density at radius 3 is 2.16 bits per heavy atom. The van der Waals surface area contributed by atoms with Crippen LogP contribution < -0.4 is 9.46 Å². The van der Waals surface area contributed by atoms with E-state index in [1.54, 1.807) is 4.72 Å². The van der Waals surface area contributed by atoms with Crippen LogP contribution in [-0.2, 0) is 14.8 Å². The summed E-state index contributed by atoms with van der Waals surface area (Å²) in [7, 11) is -4.65. The number of amides is 1. The van der Waals surface area contributed by atoms with Gasteiger partial charge in [0.15, 0.2) is 5.60 Å². The van der Waals surface area contributed by atoms with Gasteiger partial charge in [-0.15, -0.1) is 0 Å². The lowest BCUT2D eigenvalue weighted by Gasteiger charge is -2.25. The zero-order chi connectivity index (χ0) is 18.8. The quantitative estimate of drug-likeness (QED) is 0.875. The molecule has 0 aliphatic carbocycles. The molecule has 9 heteroatoms. The van der Waals surface area contributed by atoms with E-state index < -0.39 is 43.9 Å². The van der Waals surface area contributed by atoms with E-state index in [-0.39, 0.29) is 5.75 Å². The van der Waals surface area contributed by atoms with Crippen LogP contribution in [0.4, 0.5) is 13.2 Å². The molecule has 0 spiro atoms. The van der Waals surface area contributed by atoms with Gasteiger partial charge in [-0.1, -0.05) is 0 Å². The summed E-state index contributed by atoms with van der Waals surface area (Å²) in [6.07, 6.45) is 0. The molecule has 1 amide bonds. The second-order valence-corrected chi connectivity index (χ2v) is 7.23. The van der Waals surface area contributed by atoms with Crippen LogP contribution in [0.1, 0.15) is 13.8 Å². The van der Waals surface area contributed by atoms with Gasteiger partial charge in [0, 0.05) is 0 Å². The number of carbonyl (C=O) groups is 1. The Labute approximate surface area is 142 Å². The Morgan fingerprint density at radius 1 is 1.00 bits per heavy atom. The van der Waals surface area contributed by atoms with Gasteiger partial charge in [0.05, 0.1) is 0 Å². The van der Waals surface area contributed by atoms with Crippen molar-refractivity contribution >= 4 is 15.9 Å². The second-order valence-electron chi connectivity index (χ2n) is 5.58. The number of hydrogen-bond donors (Lipinski definition) is 1. The van der Waals surface area contributed by atoms with E-state index in [9.17, 15) is 26.4 Å². The van der Waals surface area contributed by atoms with Crippen molar-refractivity contribution in [3.63, 3.8) is 0 Å². The molecule has 2 aromatic carbocycles. The molecule has 0 saturated carbocycles. The molecule has 0 radical (unpaired) electrons. The fourth-order valence-electron chi connectivity index (χ4n) is 1.83. The topological polar surface area (TPSA) is 72.5 Å². The van der Waals surface area contributed by atoms with Gasteiger partial charge in [0.25, 0.3) is 15.9 Å². The van der Waals surface area contributed by atoms with Gasteiger partial charge < -0.3 is 4.74 Å². The standard InChI is InChI=1S/C16H14F3NO4S/c1-16(2,24-12-6-3-10(17)4-7-12)15(21)20-25(22,23)14-9-11(18)5-8-13(14)19/h3-9H,1-2H3,(H,20,21). The van der Waals surface area contributed by atoms with Crippen molar-refractivity contribution in [1.82, 2.24) is 4.72 Å². The number of hydrogen-bond acceptors (Lipinski definition) is 4. The maximum atomic E-state index is 13.6. The lowest BCUT2D eigenvalue weighted by molar-refractivity contribution is -0.132. The van der Waals surface area contributed by atoms with Crippen molar-refractivity contribution in [3.8, 4) is 5.75 Å². The van der Waals surface area contributed by atoms with E-state index in [0.717, 1.165) is 18.2 Å². The molecule has 5 nitrogen and oxygen atoms in total. The summed E-state index contributed by atoms with van der Waals surface area (Å²) in [5.41, 5.74) is -1.69. The highest BCUT2D eigenvalue weighted by atomic mass is 32.2. The average molecular weight is 373 g/mol. The predicted molar refractivity (Wildman–Crippen MR) is 82.8 cm³/mol. The number of ether oxygens (including phenoxy) is 1. The third-order valence-electron chi connectivity index (χ3n) is 3.14. The highest BCUT2D eigenvalue weighted by molar-refractivity contribution is 7.90. The summed E-state index contributed by atoms with van der Waals surface area (Å²) < 4.78 is 70.9. The summed E-state index contributed by atoms with van der Waals surface area (Å²) in [6, 6.07) is 6.55. The largest absolute Gasteiger partial charge is 0.478 e. The zero-order valence-electron chi connectivity index (χ0n) is 13.2. The van der Waals surface area contributed by atoms with Crippen LogP contribution in [0.25, 0.3) is 0 Å². The van der Waals surface area contributed by atoms with Crippen molar-refractivity contribution in [1.29, 1.82) is 0 Å². The Morgan fingerprint density at radius 2 is 1.56 bits per heavy atom. The molecular weight excluding hydrogens is 359 g/mol. The minimum atomic E-state index is -4.65. The van der Waals surface area contributed by atoms with Gasteiger partial charge in [0.1, 0.15) is 28.1 Å². The van der Waals surface area contributed by atoms with Crippen LogP contribution in [0.5, 0.6) is 5.75 Å². The number of halogens is 3.